The van der Waals surface area contributed by atoms with E-state index in [1.807, 2.05) is 11.8 Å². The lowest BCUT2D eigenvalue weighted by Gasteiger charge is -2.32. The molecule has 4 nitrogen and oxygen atoms in total. The van der Waals surface area contributed by atoms with E-state index < -0.39 is 0 Å². The number of benzene rings is 1. The molecule has 0 aliphatic carbocycles. The SMILES string of the molecule is Cc1ncc(C(=O)N2CCC(Cc3ccccc3)CC2)cn1. The van der Waals surface area contributed by atoms with Gasteiger partial charge in [-0.05, 0) is 37.7 Å². The second-order valence-corrected chi connectivity index (χ2v) is 5.94. The van der Waals surface area contributed by atoms with Crippen LogP contribution in [0.5, 0.6) is 0 Å². The van der Waals surface area contributed by atoms with Gasteiger partial charge in [0.2, 0.25) is 0 Å². The van der Waals surface area contributed by atoms with Crippen LogP contribution in [0.25, 0.3) is 0 Å². The lowest BCUT2D eigenvalue weighted by Crippen LogP contribution is -2.39. The highest BCUT2D eigenvalue weighted by Gasteiger charge is 2.24. The van der Waals surface area contributed by atoms with Crippen molar-refractivity contribution < 1.29 is 4.79 Å². The minimum Gasteiger partial charge on any atom is -0.339 e. The number of carbonyl (C=O) groups excluding carboxylic acids is 1. The Balaban J connectivity index is 1.55. The molecule has 0 saturated carbocycles. The normalized spacial score (nSPS) is 15.8. The highest BCUT2D eigenvalue weighted by molar-refractivity contribution is 5.93. The number of nitrogens with zero attached hydrogens (tertiary/aromatic N) is 3. The maximum absolute atomic E-state index is 12.4. The Morgan fingerprint density at radius 2 is 1.77 bits per heavy atom. The number of aromatic nitrogens is 2. The van der Waals surface area contributed by atoms with E-state index in [2.05, 4.69) is 40.3 Å². The van der Waals surface area contributed by atoms with Gasteiger partial charge in [0.1, 0.15) is 5.82 Å². The zero-order chi connectivity index (χ0) is 15.4. The van der Waals surface area contributed by atoms with Crippen molar-refractivity contribution >= 4 is 5.91 Å². The number of hydrogen-bond donors (Lipinski definition) is 0. The first kappa shape index (κ1) is 14.7. The number of rotatable bonds is 3. The summed E-state index contributed by atoms with van der Waals surface area (Å²) in [4.78, 5) is 22.6. The molecule has 4 heteroatoms. The molecule has 0 radical (unpaired) electrons. The Kier molecular flexibility index (Phi) is 4.47. The van der Waals surface area contributed by atoms with Crippen molar-refractivity contribution in [1.29, 1.82) is 0 Å². The summed E-state index contributed by atoms with van der Waals surface area (Å²) in [6.07, 6.45) is 6.48. The Morgan fingerprint density at radius 1 is 1.14 bits per heavy atom. The monoisotopic (exact) mass is 295 g/mol. The van der Waals surface area contributed by atoms with Gasteiger partial charge in [-0.15, -0.1) is 0 Å². The molecule has 1 aromatic carbocycles. The Bertz CT molecular complexity index is 617. The first-order valence-electron chi connectivity index (χ1n) is 7.84. The fourth-order valence-corrected chi connectivity index (χ4v) is 2.97. The van der Waals surface area contributed by atoms with Gasteiger partial charge in [-0.3, -0.25) is 4.79 Å². The number of amides is 1. The highest BCUT2D eigenvalue weighted by Crippen LogP contribution is 2.22. The van der Waals surface area contributed by atoms with Crippen LogP contribution in [0.2, 0.25) is 0 Å². The fraction of sp³-hybridized carbons (Fsp3) is 0.389. The minimum absolute atomic E-state index is 0.0539. The summed E-state index contributed by atoms with van der Waals surface area (Å²) in [7, 11) is 0. The summed E-state index contributed by atoms with van der Waals surface area (Å²) < 4.78 is 0. The van der Waals surface area contributed by atoms with E-state index in [1.54, 1.807) is 12.4 Å². The van der Waals surface area contributed by atoms with E-state index in [4.69, 9.17) is 0 Å². The van der Waals surface area contributed by atoms with E-state index in [-0.39, 0.29) is 5.91 Å². The van der Waals surface area contributed by atoms with Gasteiger partial charge in [-0.25, -0.2) is 9.97 Å². The third-order valence-corrected chi connectivity index (χ3v) is 4.30. The number of piperidine rings is 1. The second-order valence-electron chi connectivity index (χ2n) is 5.94. The molecule has 1 saturated heterocycles. The number of likely N-dealkylation sites (tertiary alicyclic amines) is 1. The van der Waals surface area contributed by atoms with E-state index in [9.17, 15) is 4.79 Å². The highest BCUT2D eigenvalue weighted by atomic mass is 16.2. The van der Waals surface area contributed by atoms with Gasteiger partial charge < -0.3 is 4.90 Å². The molecule has 1 aliphatic rings. The summed E-state index contributed by atoms with van der Waals surface area (Å²) in [5.41, 5.74) is 1.98. The third-order valence-electron chi connectivity index (χ3n) is 4.30. The van der Waals surface area contributed by atoms with Crippen LogP contribution in [-0.2, 0) is 6.42 Å². The molecular weight excluding hydrogens is 274 g/mol. The number of hydrogen-bond acceptors (Lipinski definition) is 3. The maximum atomic E-state index is 12.4. The molecule has 1 fully saturated rings. The first-order chi connectivity index (χ1) is 10.7. The molecule has 0 N–H and O–H groups in total. The number of carbonyl (C=O) groups is 1. The van der Waals surface area contributed by atoms with Gasteiger partial charge in [0, 0.05) is 25.5 Å². The lowest BCUT2D eigenvalue weighted by molar-refractivity contribution is 0.0689. The topological polar surface area (TPSA) is 46.1 Å². The molecule has 0 unspecified atom stereocenters. The van der Waals surface area contributed by atoms with Crippen molar-refractivity contribution in [1.82, 2.24) is 14.9 Å². The summed E-state index contributed by atoms with van der Waals surface area (Å²) >= 11 is 0. The van der Waals surface area contributed by atoms with E-state index in [0.29, 0.717) is 17.3 Å². The molecule has 1 aliphatic heterocycles. The lowest BCUT2D eigenvalue weighted by atomic mass is 9.90. The molecule has 114 valence electrons. The minimum atomic E-state index is 0.0539. The quantitative estimate of drug-likeness (QED) is 0.874. The first-order valence-corrected chi connectivity index (χ1v) is 7.84. The van der Waals surface area contributed by atoms with Gasteiger partial charge >= 0.3 is 0 Å². The zero-order valence-electron chi connectivity index (χ0n) is 12.9. The molecule has 2 heterocycles. The van der Waals surface area contributed by atoms with E-state index >= 15 is 0 Å². The standard InChI is InChI=1S/C18H21N3O/c1-14-19-12-17(13-20-14)18(22)21-9-7-16(8-10-21)11-15-5-3-2-4-6-15/h2-6,12-13,16H,7-11H2,1H3. The van der Waals surface area contributed by atoms with Crippen molar-refractivity contribution in [2.45, 2.75) is 26.2 Å². The fourth-order valence-electron chi connectivity index (χ4n) is 2.97. The van der Waals surface area contributed by atoms with Gasteiger partial charge in [0.05, 0.1) is 5.56 Å². The molecule has 1 amide bonds. The third kappa shape index (κ3) is 3.50. The summed E-state index contributed by atoms with van der Waals surface area (Å²) in [5, 5.41) is 0. The summed E-state index contributed by atoms with van der Waals surface area (Å²) in [5.74, 6) is 1.41. The van der Waals surface area contributed by atoms with Crippen molar-refractivity contribution in [2.75, 3.05) is 13.1 Å². The molecule has 0 spiro atoms. The predicted molar refractivity (Wildman–Crippen MR) is 85.5 cm³/mol. The van der Waals surface area contributed by atoms with Crippen LogP contribution in [0.1, 0.15) is 34.6 Å². The molecular formula is C18H21N3O. The molecule has 0 atom stereocenters. The van der Waals surface area contributed by atoms with Crippen molar-refractivity contribution in [3.05, 3.63) is 59.7 Å². The molecule has 1 aromatic heterocycles. The van der Waals surface area contributed by atoms with Crippen LogP contribution >= 0.6 is 0 Å². The smallest absolute Gasteiger partial charge is 0.256 e. The van der Waals surface area contributed by atoms with Gasteiger partial charge in [-0.2, -0.15) is 0 Å². The largest absolute Gasteiger partial charge is 0.339 e. The Labute approximate surface area is 131 Å². The predicted octanol–water partition coefficient (Wildman–Crippen LogP) is 2.88. The Hall–Kier alpha value is -2.23. The van der Waals surface area contributed by atoms with Crippen LogP contribution in [0.3, 0.4) is 0 Å². The van der Waals surface area contributed by atoms with Gasteiger partial charge in [-0.1, -0.05) is 30.3 Å². The van der Waals surface area contributed by atoms with Crippen LogP contribution in [0.15, 0.2) is 42.7 Å². The number of aryl methyl sites for hydroxylation is 1. The van der Waals surface area contributed by atoms with Crippen LogP contribution in [0, 0.1) is 12.8 Å². The van der Waals surface area contributed by atoms with Gasteiger partial charge in [0.15, 0.2) is 0 Å². The van der Waals surface area contributed by atoms with E-state index in [0.717, 1.165) is 32.4 Å². The molecule has 2 aromatic rings. The average molecular weight is 295 g/mol. The summed E-state index contributed by atoms with van der Waals surface area (Å²) in [6, 6.07) is 10.6. The molecule has 22 heavy (non-hydrogen) atoms. The maximum Gasteiger partial charge on any atom is 0.256 e. The van der Waals surface area contributed by atoms with Gasteiger partial charge in [0.25, 0.3) is 5.91 Å². The zero-order valence-corrected chi connectivity index (χ0v) is 12.9. The van der Waals surface area contributed by atoms with Crippen molar-refractivity contribution in [3.8, 4) is 0 Å². The average Bonchev–Trinajstić information content (AvgIpc) is 2.57. The van der Waals surface area contributed by atoms with Crippen molar-refractivity contribution in [3.63, 3.8) is 0 Å². The second kappa shape index (κ2) is 6.69. The Morgan fingerprint density at radius 3 is 2.41 bits per heavy atom. The molecule has 0 bridgehead atoms. The summed E-state index contributed by atoms with van der Waals surface area (Å²) in [6.45, 7) is 3.47. The molecule has 3 rings (SSSR count). The van der Waals surface area contributed by atoms with Crippen LogP contribution in [0.4, 0.5) is 0 Å². The van der Waals surface area contributed by atoms with Crippen LogP contribution in [-0.4, -0.2) is 33.9 Å². The van der Waals surface area contributed by atoms with Crippen molar-refractivity contribution in [2.24, 2.45) is 5.92 Å². The van der Waals surface area contributed by atoms with Crippen LogP contribution < -0.4 is 0 Å². The van der Waals surface area contributed by atoms with E-state index in [1.165, 1.54) is 5.56 Å².